The van der Waals surface area contributed by atoms with Crippen molar-refractivity contribution >= 4 is 5.97 Å². The molecule has 4 nitrogen and oxygen atoms in total. The molecule has 0 N–H and O–H groups in total. The molecule has 0 saturated carbocycles. The maximum atomic E-state index is 13.1. The van der Waals surface area contributed by atoms with Crippen molar-refractivity contribution in [2.24, 2.45) is 0 Å². The summed E-state index contributed by atoms with van der Waals surface area (Å²) in [4.78, 5) is 10.9. The number of ether oxygens (including phenoxy) is 3. The van der Waals surface area contributed by atoms with Crippen molar-refractivity contribution in [3.8, 4) is 0 Å². The number of esters is 1. The third-order valence-electron chi connectivity index (χ3n) is 1.83. The first-order valence-electron chi connectivity index (χ1n) is 4.81. The molecule has 1 saturated heterocycles. The molecule has 5 heteroatoms. The monoisotopic (exact) mass is 218 g/mol. The summed E-state index contributed by atoms with van der Waals surface area (Å²) in [5.41, 5.74) is 0. The minimum Gasteiger partial charge on any atom is -0.461 e. The molecular formula is C10H15FO4. The van der Waals surface area contributed by atoms with Crippen molar-refractivity contribution in [3.05, 3.63) is 11.9 Å². The number of hydrogen-bond acceptors (Lipinski definition) is 4. The van der Waals surface area contributed by atoms with Gasteiger partial charge in [0, 0.05) is 0 Å². The van der Waals surface area contributed by atoms with E-state index in [0.717, 1.165) is 6.08 Å². The molecule has 0 spiro atoms. The normalized spacial score (nSPS) is 25.3. The quantitative estimate of drug-likeness (QED) is 0.532. The Morgan fingerprint density at radius 2 is 2.33 bits per heavy atom. The van der Waals surface area contributed by atoms with Crippen LogP contribution in [0.4, 0.5) is 4.39 Å². The lowest BCUT2D eigenvalue weighted by atomic mass is 10.3. The van der Waals surface area contributed by atoms with Crippen LogP contribution < -0.4 is 0 Å². The number of hydrogen-bond donors (Lipinski definition) is 0. The first kappa shape index (κ1) is 12.1. The van der Waals surface area contributed by atoms with Crippen LogP contribution in [0.15, 0.2) is 11.9 Å². The minimum absolute atomic E-state index is 0.146. The number of halogens is 1. The highest BCUT2D eigenvalue weighted by Gasteiger charge is 2.32. The highest BCUT2D eigenvalue weighted by molar-refractivity contribution is 5.85. The van der Waals surface area contributed by atoms with Crippen molar-refractivity contribution < 1.29 is 23.4 Å². The second-order valence-corrected chi connectivity index (χ2v) is 3.60. The van der Waals surface area contributed by atoms with Crippen LogP contribution in [-0.4, -0.2) is 31.1 Å². The molecule has 0 radical (unpaired) electrons. The Hall–Kier alpha value is -0.940. The largest absolute Gasteiger partial charge is 0.461 e. The van der Waals surface area contributed by atoms with Gasteiger partial charge in [0.15, 0.2) is 5.79 Å². The van der Waals surface area contributed by atoms with Gasteiger partial charge in [0.2, 0.25) is 5.83 Å². The molecule has 0 aromatic rings. The van der Waals surface area contributed by atoms with Crippen LogP contribution in [0.1, 0.15) is 20.8 Å². The fraction of sp³-hybridized carbons (Fsp3) is 0.700. The van der Waals surface area contributed by atoms with E-state index >= 15 is 0 Å². The zero-order valence-electron chi connectivity index (χ0n) is 9.08. The van der Waals surface area contributed by atoms with E-state index < -0.39 is 23.7 Å². The lowest BCUT2D eigenvalue weighted by Gasteiger charge is -2.15. The van der Waals surface area contributed by atoms with E-state index in [9.17, 15) is 9.18 Å². The summed E-state index contributed by atoms with van der Waals surface area (Å²) in [7, 11) is 0. The molecule has 1 rings (SSSR count). The summed E-state index contributed by atoms with van der Waals surface area (Å²) in [6.45, 7) is 5.45. The van der Waals surface area contributed by atoms with Gasteiger partial charge in [-0.15, -0.1) is 0 Å². The van der Waals surface area contributed by atoms with Crippen molar-refractivity contribution in [1.29, 1.82) is 0 Å². The van der Waals surface area contributed by atoms with Crippen LogP contribution >= 0.6 is 0 Å². The van der Waals surface area contributed by atoms with E-state index in [1.807, 2.05) is 0 Å². The Kier molecular flexibility index (Phi) is 3.82. The highest BCUT2D eigenvalue weighted by Crippen LogP contribution is 2.23. The Labute approximate surface area is 88.0 Å². The molecule has 1 fully saturated rings. The molecule has 0 aromatic carbocycles. The Morgan fingerprint density at radius 1 is 1.67 bits per heavy atom. The summed E-state index contributed by atoms with van der Waals surface area (Å²) in [6.07, 6.45) is 0.539. The van der Waals surface area contributed by atoms with E-state index in [1.54, 1.807) is 20.8 Å². The molecule has 1 aliphatic heterocycles. The second-order valence-electron chi connectivity index (χ2n) is 3.60. The van der Waals surface area contributed by atoms with Gasteiger partial charge in [-0.3, -0.25) is 0 Å². The maximum Gasteiger partial charge on any atom is 0.366 e. The zero-order valence-corrected chi connectivity index (χ0v) is 9.08. The van der Waals surface area contributed by atoms with E-state index in [-0.39, 0.29) is 13.2 Å². The van der Waals surface area contributed by atoms with Gasteiger partial charge in [-0.25, -0.2) is 4.79 Å². The van der Waals surface area contributed by atoms with Crippen LogP contribution in [0.5, 0.6) is 0 Å². The Bertz CT molecular complexity index is 273. The molecule has 0 aliphatic carbocycles. The van der Waals surface area contributed by atoms with E-state index in [4.69, 9.17) is 9.47 Å². The maximum absolute atomic E-state index is 13.1. The molecule has 1 aliphatic rings. The molecular weight excluding hydrogens is 203 g/mol. The molecule has 1 heterocycles. The lowest BCUT2D eigenvalue weighted by Crippen LogP contribution is -2.21. The zero-order chi connectivity index (χ0) is 11.5. The average molecular weight is 218 g/mol. The van der Waals surface area contributed by atoms with Crippen molar-refractivity contribution in [2.75, 3.05) is 13.2 Å². The van der Waals surface area contributed by atoms with Crippen molar-refractivity contribution in [1.82, 2.24) is 0 Å². The van der Waals surface area contributed by atoms with Crippen LogP contribution in [0.3, 0.4) is 0 Å². The van der Waals surface area contributed by atoms with E-state index in [2.05, 4.69) is 4.74 Å². The third kappa shape index (κ3) is 3.60. The van der Waals surface area contributed by atoms with Crippen LogP contribution in [0, 0.1) is 0 Å². The molecule has 0 amide bonds. The predicted molar refractivity (Wildman–Crippen MR) is 50.7 cm³/mol. The standard InChI is InChI=1S/C10H15FO4/c1-4-13-9(12)8(11)5-7-6-14-10(2,3)15-7/h5,7H,4,6H2,1-3H3/b8-5+. The Morgan fingerprint density at radius 3 is 2.80 bits per heavy atom. The minimum atomic E-state index is -0.967. The molecule has 0 aromatic heterocycles. The van der Waals surface area contributed by atoms with Crippen molar-refractivity contribution in [3.63, 3.8) is 0 Å². The number of rotatable bonds is 3. The number of carbonyl (C=O) groups is 1. The van der Waals surface area contributed by atoms with Gasteiger partial charge in [-0.2, -0.15) is 4.39 Å². The highest BCUT2D eigenvalue weighted by atomic mass is 19.1. The van der Waals surface area contributed by atoms with Gasteiger partial charge < -0.3 is 14.2 Å². The first-order valence-corrected chi connectivity index (χ1v) is 4.81. The van der Waals surface area contributed by atoms with Crippen LogP contribution in [0.2, 0.25) is 0 Å². The van der Waals surface area contributed by atoms with Gasteiger partial charge in [0.1, 0.15) is 6.10 Å². The van der Waals surface area contributed by atoms with Gasteiger partial charge in [0.05, 0.1) is 13.2 Å². The average Bonchev–Trinajstić information content (AvgIpc) is 2.46. The van der Waals surface area contributed by atoms with Gasteiger partial charge in [-0.05, 0) is 26.8 Å². The first-order chi connectivity index (χ1) is 6.94. The fourth-order valence-corrected chi connectivity index (χ4v) is 1.23. The molecule has 1 atom stereocenters. The molecule has 1 unspecified atom stereocenters. The topological polar surface area (TPSA) is 44.8 Å². The van der Waals surface area contributed by atoms with Crippen LogP contribution in [-0.2, 0) is 19.0 Å². The predicted octanol–water partition coefficient (Wildman–Crippen LogP) is 1.55. The fourth-order valence-electron chi connectivity index (χ4n) is 1.23. The summed E-state index contributed by atoms with van der Waals surface area (Å²) < 4.78 is 28.1. The van der Waals surface area contributed by atoms with Gasteiger partial charge in [0.25, 0.3) is 0 Å². The number of carbonyl (C=O) groups excluding carboxylic acids is 1. The molecule has 0 bridgehead atoms. The molecule has 15 heavy (non-hydrogen) atoms. The third-order valence-corrected chi connectivity index (χ3v) is 1.83. The van der Waals surface area contributed by atoms with Gasteiger partial charge >= 0.3 is 5.97 Å². The van der Waals surface area contributed by atoms with Gasteiger partial charge in [-0.1, -0.05) is 0 Å². The SMILES string of the molecule is CCOC(=O)/C(F)=C\C1COC(C)(C)O1. The summed E-state index contributed by atoms with van der Waals surface area (Å²) in [5, 5.41) is 0. The second kappa shape index (κ2) is 4.72. The Balaban J connectivity index is 2.53. The molecule has 86 valence electrons. The lowest BCUT2D eigenvalue weighted by molar-refractivity contribution is -0.141. The van der Waals surface area contributed by atoms with E-state index in [1.165, 1.54) is 0 Å². The summed E-state index contributed by atoms with van der Waals surface area (Å²) in [6, 6.07) is 0. The van der Waals surface area contributed by atoms with Crippen LogP contribution in [0.25, 0.3) is 0 Å². The summed E-state index contributed by atoms with van der Waals surface area (Å²) >= 11 is 0. The van der Waals surface area contributed by atoms with E-state index in [0.29, 0.717) is 0 Å². The van der Waals surface area contributed by atoms with Crippen molar-refractivity contribution in [2.45, 2.75) is 32.7 Å². The summed E-state index contributed by atoms with van der Waals surface area (Å²) in [5.74, 6) is -2.63. The smallest absolute Gasteiger partial charge is 0.366 e.